The van der Waals surface area contributed by atoms with E-state index in [1.165, 1.54) is 4.90 Å². The summed E-state index contributed by atoms with van der Waals surface area (Å²) in [4.78, 5) is 30.8. The van der Waals surface area contributed by atoms with Crippen LogP contribution in [0.3, 0.4) is 0 Å². The van der Waals surface area contributed by atoms with Crippen LogP contribution in [0, 0.1) is 0 Å². The number of aromatic nitrogens is 1. The molecule has 2 aromatic rings. The van der Waals surface area contributed by atoms with E-state index >= 15 is 0 Å². The molecule has 1 saturated heterocycles. The van der Waals surface area contributed by atoms with Crippen LogP contribution in [-0.4, -0.2) is 35.0 Å². The first-order valence-corrected chi connectivity index (χ1v) is 7.96. The molecular weight excluding hydrogens is 306 g/mol. The number of carbonyl (C=O) groups excluding carboxylic acids is 2. The zero-order valence-corrected chi connectivity index (χ0v) is 13.1. The summed E-state index contributed by atoms with van der Waals surface area (Å²) in [7, 11) is 0. The molecule has 0 radical (unpaired) electrons. The minimum atomic E-state index is -0.996. The molecule has 3 heterocycles. The highest BCUT2D eigenvalue weighted by Crippen LogP contribution is 2.40. The van der Waals surface area contributed by atoms with E-state index in [0.29, 0.717) is 31.7 Å². The topological polar surface area (TPSA) is 71.5 Å². The number of urea groups is 1. The summed E-state index contributed by atoms with van der Waals surface area (Å²) < 4.78 is 5.63. The summed E-state index contributed by atoms with van der Waals surface area (Å²) in [5.74, 6) is 0.464. The third-order valence-corrected chi connectivity index (χ3v) is 4.63. The zero-order chi connectivity index (χ0) is 16.6. The second kappa shape index (κ2) is 5.63. The Hall–Kier alpha value is -2.89. The minimum absolute atomic E-state index is 0.197. The number of rotatable bonds is 3. The molecule has 6 nitrogen and oxygen atoms in total. The Morgan fingerprint density at radius 3 is 2.79 bits per heavy atom. The van der Waals surface area contributed by atoms with Crippen molar-refractivity contribution in [3.05, 3.63) is 59.9 Å². The van der Waals surface area contributed by atoms with E-state index in [2.05, 4.69) is 10.3 Å². The SMILES string of the molecule is O=C1NC2(CCOc3ccccc32)C(=O)N1CCc1ccncc1. The summed E-state index contributed by atoms with van der Waals surface area (Å²) in [5.41, 5.74) is 0.782. The van der Waals surface area contributed by atoms with Gasteiger partial charge in [0.15, 0.2) is 5.54 Å². The quantitative estimate of drug-likeness (QED) is 0.875. The maximum atomic E-state index is 13.1. The summed E-state index contributed by atoms with van der Waals surface area (Å²) in [6.07, 6.45) is 4.46. The van der Waals surface area contributed by atoms with Crippen LogP contribution in [0.2, 0.25) is 0 Å². The van der Waals surface area contributed by atoms with Crippen molar-refractivity contribution in [3.8, 4) is 5.75 Å². The van der Waals surface area contributed by atoms with E-state index in [1.54, 1.807) is 12.4 Å². The molecule has 2 aliphatic rings. The Balaban J connectivity index is 1.60. The summed E-state index contributed by atoms with van der Waals surface area (Å²) in [5, 5.41) is 2.91. The number of benzene rings is 1. The first kappa shape index (κ1) is 14.7. The number of hydrogen-bond acceptors (Lipinski definition) is 4. The van der Waals surface area contributed by atoms with Crippen LogP contribution in [0.4, 0.5) is 4.79 Å². The third-order valence-electron chi connectivity index (χ3n) is 4.63. The standard InChI is InChI=1S/C18H17N3O3/c22-16-18(8-12-24-15-4-2-1-3-14(15)18)20-17(23)21(16)11-7-13-5-9-19-10-6-13/h1-6,9-10H,7-8,11-12H2,(H,20,23). The Kier molecular flexibility index (Phi) is 3.45. The monoisotopic (exact) mass is 323 g/mol. The number of imide groups is 1. The van der Waals surface area contributed by atoms with E-state index in [0.717, 1.165) is 11.1 Å². The van der Waals surface area contributed by atoms with Crippen LogP contribution < -0.4 is 10.1 Å². The highest BCUT2D eigenvalue weighted by atomic mass is 16.5. The Morgan fingerprint density at radius 2 is 1.96 bits per heavy atom. The molecule has 122 valence electrons. The molecule has 0 bridgehead atoms. The predicted octanol–water partition coefficient (Wildman–Crippen LogP) is 1.85. The molecule has 24 heavy (non-hydrogen) atoms. The predicted molar refractivity (Wildman–Crippen MR) is 86.4 cm³/mol. The molecule has 4 rings (SSSR count). The first-order valence-electron chi connectivity index (χ1n) is 7.96. The van der Waals surface area contributed by atoms with Crippen molar-refractivity contribution in [3.63, 3.8) is 0 Å². The van der Waals surface area contributed by atoms with Gasteiger partial charge in [-0.15, -0.1) is 0 Å². The Labute approximate surface area is 139 Å². The molecule has 3 amide bonds. The van der Waals surface area contributed by atoms with Crippen molar-refractivity contribution in [2.45, 2.75) is 18.4 Å². The van der Waals surface area contributed by atoms with E-state index < -0.39 is 5.54 Å². The van der Waals surface area contributed by atoms with Crippen LogP contribution in [0.15, 0.2) is 48.8 Å². The van der Waals surface area contributed by atoms with Gasteiger partial charge in [-0.2, -0.15) is 0 Å². The maximum absolute atomic E-state index is 13.1. The van der Waals surface area contributed by atoms with Gasteiger partial charge in [0.2, 0.25) is 0 Å². The minimum Gasteiger partial charge on any atom is -0.493 e. The molecule has 6 heteroatoms. The van der Waals surface area contributed by atoms with Gasteiger partial charge in [0.25, 0.3) is 5.91 Å². The van der Waals surface area contributed by atoms with Gasteiger partial charge in [-0.25, -0.2) is 4.79 Å². The van der Waals surface area contributed by atoms with Gasteiger partial charge in [0.05, 0.1) is 6.61 Å². The lowest BCUT2D eigenvalue weighted by Gasteiger charge is -2.33. The number of pyridine rings is 1. The average molecular weight is 323 g/mol. The fraction of sp³-hybridized carbons (Fsp3) is 0.278. The van der Waals surface area contributed by atoms with E-state index in [-0.39, 0.29) is 11.9 Å². The van der Waals surface area contributed by atoms with Gasteiger partial charge in [0.1, 0.15) is 5.75 Å². The van der Waals surface area contributed by atoms with Crippen LogP contribution in [0.25, 0.3) is 0 Å². The average Bonchev–Trinajstić information content (AvgIpc) is 2.85. The molecule has 1 unspecified atom stereocenters. The van der Waals surface area contributed by atoms with Crippen LogP contribution in [0.1, 0.15) is 17.5 Å². The lowest BCUT2D eigenvalue weighted by atomic mass is 9.84. The van der Waals surface area contributed by atoms with Gasteiger partial charge in [-0.1, -0.05) is 18.2 Å². The molecule has 1 aromatic carbocycles. The first-order chi connectivity index (χ1) is 11.7. The zero-order valence-electron chi connectivity index (χ0n) is 13.1. The van der Waals surface area contributed by atoms with Gasteiger partial charge in [-0.05, 0) is 30.2 Å². The second-order valence-corrected chi connectivity index (χ2v) is 5.99. The highest BCUT2D eigenvalue weighted by molar-refractivity contribution is 6.08. The van der Waals surface area contributed by atoms with E-state index in [1.807, 2.05) is 36.4 Å². The molecule has 1 fully saturated rings. The molecule has 1 N–H and O–H groups in total. The van der Waals surface area contributed by atoms with Crippen molar-refractivity contribution in [1.29, 1.82) is 0 Å². The fourth-order valence-corrected chi connectivity index (χ4v) is 3.37. The molecule has 1 spiro atoms. The summed E-state index contributed by atoms with van der Waals surface area (Å²) >= 11 is 0. The number of hydrogen-bond donors (Lipinski definition) is 1. The number of amides is 3. The lowest BCUT2D eigenvalue weighted by Crippen LogP contribution is -2.47. The number of nitrogens with one attached hydrogen (secondary N) is 1. The van der Waals surface area contributed by atoms with Crippen molar-refractivity contribution in [2.24, 2.45) is 0 Å². The molecule has 0 saturated carbocycles. The summed E-state index contributed by atoms with van der Waals surface area (Å²) in [6, 6.07) is 10.8. The van der Waals surface area contributed by atoms with Crippen LogP contribution in [-0.2, 0) is 16.8 Å². The van der Waals surface area contributed by atoms with E-state index in [9.17, 15) is 9.59 Å². The van der Waals surface area contributed by atoms with Crippen molar-refractivity contribution < 1.29 is 14.3 Å². The number of carbonyl (C=O) groups is 2. The van der Waals surface area contributed by atoms with Gasteiger partial charge in [-0.3, -0.25) is 14.7 Å². The number of para-hydroxylation sites is 1. The molecular formula is C18H17N3O3. The molecule has 0 aliphatic carbocycles. The van der Waals surface area contributed by atoms with Crippen LogP contribution in [0.5, 0.6) is 5.75 Å². The molecule has 1 aromatic heterocycles. The number of ether oxygens (including phenoxy) is 1. The van der Waals surface area contributed by atoms with Crippen molar-refractivity contribution >= 4 is 11.9 Å². The van der Waals surface area contributed by atoms with Gasteiger partial charge >= 0.3 is 6.03 Å². The number of nitrogens with zero attached hydrogens (tertiary/aromatic N) is 2. The van der Waals surface area contributed by atoms with E-state index in [4.69, 9.17) is 4.74 Å². The maximum Gasteiger partial charge on any atom is 0.325 e. The molecule has 2 aliphatic heterocycles. The molecule has 1 atom stereocenters. The van der Waals surface area contributed by atoms with Crippen LogP contribution >= 0.6 is 0 Å². The number of fused-ring (bicyclic) bond motifs is 2. The second-order valence-electron chi connectivity index (χ2n) is 5.99. The van der Waals surface area contributed by atoms with Gasteiger partial charge < -0.3 is 10.1 Å². The fourth-order valence-electron chi connectivity index (χ4n) is 3.37. The van der Waals surface area contributed by atoms with Crippen molar-refractivity contribution in [2.75, 3.05) is 13.2 Å². The highest BCUT2D eigenvalue weighted by Gasteiger charge is 2.54. The lowest BCUT2D eigenvalue weighted by molar-refractivity contribution is -0.132. The van der Waals surface area contributed by atoms with Gasteiger partial charge in [0, 0.05) is 30.9 Å². The van der Waals surface area contributed by atoms with Crippen molar-refractivity contribution in [1.82, 2.24) is 15.2 Å². The third kappa shape index (κ3) is 2.22. The summed E-state index contributed by atoms with van der Waals surface area (Å²) in [6.45, 7) is 0.751. The largest absolute Gasteiger partial charge is 0.493 e. The normalized spacial score (nSPS) is 22.2. The smallest absolute Gasteiger partial charge is 0.325 e. The Bertz CT molecular complexity index is 793. The Morgan fingerprint density at radius 1 is 1.17 bits per heavy atom.